The number of anilines is 2. The van der Waals surface area contributed by atoms with Crippen molar-refractivity contribution in [1.82, 2.24) is 0 Å². The second kappa shape index (κ2) is 6.97. The van der Waals surface area contributed by atoms with E-state index in [0.29, 0.717) is 35.7 Å². The molecule has 0 aromatic heterocycles. The normalized spacial score (nSPS) is 13.9. The Balaban J connectivity index is 1.87. The van der Waals surface area contributed by atoms with Crippen LogP contribution in [0.2, 0.25) is 0 Å². The molecule has 0 atom stereocenters. The van der Waals surface area contributed by atoms with Crippen molar-refractivity contribution < 1.29 is 14.3 Å². The van der Waals surface area contributed by atoms with Crippen LogP contribution in [0.4, 0.5) is 11.4 Å². The Morgan fingerprint density at radius 3 is 2.44 bits per heavy atom. The van der Waals surface area contributed by atoms with E-state index < -0.39 is 0 Å². The molecule has 2 amide bonds. The molecule has 5 heteroatoms. The van der Waals surface area contributed by atoms with Crippen LogP contribution in [0.3, 0.4) is 0 Å². The number of methoxy groups -OCH3 is 1. The van der Waals surface area contributed by atoms with E-state index in [1.807, 2.05) is 32.0 Å². The van der Waals surface area contributed by atoms with Gasteiger partial charge in [0.15, 0.2) is 0 Å². The van der Waals surface area contributed by atoms with Gasteiger partial charge in [0.05, 0.1) is 12.8 Å². The molecule has 2 aromatic carbocycles. The SMILES string of the molecule is COc1ccc(NC(=O)c2cc(C)cc(C)c2)cc1N1CCCC1=O. The highest BCUT2D eigenvalue weighted by Crippen LogP contribution is 2.34. The second-order valence-electron chi connectivity index (χ2n) is 6.37. The molecule has 1 aliphatic rings. The Morgan fingerprint density at radius 1 is 1.12 bits per heavy atom. The van der Waals surface area contributed by atoms with Crippen LogP contribution in [0, 0.1) is 13.8 Å². The van der Waals surface area contributed by atoms with Crippen molar-refractivity contribution in [2.24, 2.45) is 0 Å². The first-order valence-electron chi connectivity index (χ1n) is 8.36. The molecule has 1 heterocycles. The van der Waals surface area contributed by atoms with Crippen LogP contribution >= 0.6 is 0 Å². The fourth-order valence-electron chi connectivity index (χ4n) is 3.19. The van der Waals surface area contributed by atoms with Crippen LogP contribution in [0.15, 0.2) is 36.4 Å². The van der Waals surface area contributed by atoms with E-state index in [-0.39, 0.29) is 11.8 Å². The summed E-state index contributed by atoms with van der Waals surface area (Å²) in [4.78, 5) is 26.3. The molecule has 1 saturated heterocycles. The molecule has 0 bridgehead atoms. The molecule has 0 saturated carbocycles. The van der Waals surface area contributed by atoms with Gasteiger partial charge in [-0.2, -0.15) is 0 Å². The minimum Gasteiger partial charge on any atom is -0.495 e. The molecular weight excluding hydrogens is 316 g/mol. The van der Waals surface area contributed by atoms with E-state index >= 15 is 0 Å². The van der Waals surface area contributed by atoms with Crippen LogP contribution in [0.1, 0.15) is 34.3 Å². The van der Waals surface area contributed by atoms with Crippen molar-refractivity contribution in [3.63, 3.8) is 0 Å². The zero-order valence-electron chi connectivity index (χ0n) is 14.8. The van der Waals surface area contributed by atoms with Gasteiger partial charge in [-0.1, -0.05) is 17.2 Å². The van der Waals surface area contributed by atoms with E-state index in [9.17, 15) is 9.59 Å². The first kappa shape index (κ1) is 17.0. The maximum Gasteiger partial charge on any atom is 0.255 e. The summed E-state index contributed by atoms with van der Waals surface area (Å²) < 4.78 is 5.38. The van der Waals surface area contributed by atoms with Crippen molar-refractivity contribution in [3.8, 4) is 5.75 Å². The monoisotopic (exact) mass is 338 g/mol. The lowest BCUT2D eigenvalue weighted by Crippen LogP contribution is -2.24. The predicted molar refractivity (Wildman–Crippen MR) is 98.5 cm³/mol. The number of ether oxygens (including phenoxy) is 1. The minimum absolute atomic E-state index is 0.0797. The van der Waals surface area contributed by atoms with Crippen LogP contribution in [0.5, 0.6) is 5.75 Å². The van der Waals surface area contributed by atoms with E-state index in [1.54, 1.807) is 30.2 Å². The third kappa shape index (κ3) is 3.65. The highest BCUT2D eigenvalue weighted by molar-refractivity contribution is 6.05. The van der Waals surface area contributed by atoms with E-state index in [0.717, 1.165) is 17.5 Å². The summed E-state index contributed by atoms with van der Waals surface area (Å²) >= 11 is 0. The molecule has 1 N–H and O–H groups in total. The zero-order chi connectivity index (χ0) is 18.0. The average molecular weight is 338 g/mol. The van der Waals surface area contributed by atoms with E-state index in [4.69, 9.17) is 4.74 Å². The van der Waals surface area contributed by atoms with Gasteiger partial charge in [0, 0.05) is 24.2 Å². The number of nitrogens with zero attached hydrogens (tertiary/aromatic N) is 1. The first-order valence-corrected chi connectivity index (χ1v) is 8.36. The van der Waals surface area contributed by atoms with E-state index in [1.165, 1.54) is 0 Å². The number of benzene rings is 2. The molecule has 130 valence electrons. The summed E-state index contributed by atoms with van der Waals surface area (Å²) in [5, 5.41) is 2.91. The number of aryl methyl sites for hydroxylation is 2. The molecule has 0 radical (unpaired) electrons. The third-order valence-corrected chi connectivity index (χ3v) is 4.28. The summed E-state index contributed by atoms with van der Waals surface area (Å²) in [6.45, 7) is 4.60. The molecule has 3 rings (SSSR count). The van der Waals surface area contributed by atoms with Gasteiger partial charge in [-0.05, 0) is 50.6 Å². The van der Waals surface area contributed by atoms with Crippen LogP contribution in [0.25, 0.3) is 0 Å². The van der Waals surface area contributed by atoms with Crippen molar-refractivity contribution >= 4 is 23.2 Å². The Bertz CT molecular complexity index is 809. The molecule has 0 aliphatic carbocycles. The lowest BCUT2D eigenvalue weighted by Gasteiger charge is -2.20. The van der Waals surface area contributed by atoms with Gasteiger partial charge in [0.25, 0.3) is 5.91 Å². The fraction of sp³-hybridized carbons (Fsp3) is 0.300. The van der Waals surface area contributed by atoms with E-state index in [2.05, 4.69) is 5.32 Å². The molecule has 25 heavy (non-hydrogen) atoms. The maximum atomic E-state index is 12.5. The zero-order valence-corrected chi connectivity index (χ0v) is 14.8. The number of hydrogen-bond acceptors (Lipinski definition) is 3. The summed E-state index contributed by atoms with van der Waals surface area (Å²) in [6, 6.07) is 11.1. The number of hydrogen-bond donors (Lipinski definition) is 1. The van der Waals surface area contributed by atoms with Gasteiger partial charge in [-0.15, -0.1) is 0 Å². The molecule has 1 fully saturated rings. The number of carbonyl (C=O) groups excluding carboxylic acids is 2. The summed E-state index contributed by atoms with van der Waals surface area (Å²) in [5.41, 5.74) is 4.04. The topological polar surface area (TPSA) is 58.6 Å². The predicted octanol–water partition coefficient (Wildman–Crippen LogP) is 3.69. The Morgan fingerprint density at radius 2 is 1.84 bits per heavy atom. The first-order chi connectivity index (χ1) is 12.0. The van der Waals surface area contributed by atoms with Crippen molar-refractivity contribution in [3.05, 3.63) is 53.1 Å². The molecule has 0 unspecified atom stereocenters. The Labute approximate surface area is 147 Å². The summed E-state index contributed by atoms with van der Waals surface area (Å²) in [5.74, 6) is 0.534. The maximum absolute atomic E-state index is 12.5. The molecule has 0 spiro atoms. The largest absolute Gasteiger partial charge is 0.495 e. The Kier molecular flexibility index (Phi) is 4.74. The number of amides is 2. The second-order valence-corrected chi connectivity index (χ2v) is 6.37. The smallest absolute Gasteiger partial charge is 0.255 e. The minimum atomic E-state index is -0.171. The Hall–Kier alpha value is -2.82. The molecule has 1 aliphatic heterocycles. The van der Waals surface area contributed by atoms with Crippen molar-refractivity contribution in [2.75, 3.05) is 23.9 Å². The lowest BCUT2D eigenvalue weighted by atomic mass is 10.1. The van der Waals surface area contributed by atoms with Gasteiger partial charge >= 0.3 is 0 Å². The molecule has 5 nitrogen and oxygen atoms in total. The van der Waals surface area contributed by atoms with Gasteiger partial charge in [-0.25, -0.2) is 0 Å². The molecule has 2 aromatic rings. The average Bonchev–Trinajstić information content (AvgIpc) is 2.99. The van der Waals surface area contributed by atoms with Crippen LogP contribution in [-0.4, -0.2) is 25.5 Å². The summed E-state index contributed by atoms with van der Waals surface area (Å²) in [6.07, 6.45) is 1.38. The number of nitrogens with one attached hydrogen (secondary N) is 1. The van der Waals surface area contributed by atoms with Crippen molar-refractivity contribution in [2.45, 2.75) is 26.7 Å². The van der Waals surface area contributed by atoms with Crippen LogP contribution < -0.4 is 15.0 Å². The standard InChI is InChI=1S/C20H22N2O3/c1-13-9-14(2)11-15(10-13)20(24)21-16-6-7-18(25-3)17(12-16)22-8-4-5-19(22)23/h6-7,9-12H,4-5,8H2,1-3H3,(H,21,24). The number of carbonyl (C=O) groups is 2. The van der Waals surface area contributed by atoms with Gasteiger partial charge < -0.3 is 15.0 Å². The highest BCUT2D eigenvalue weighted by Gasteiger charge is 2.25. The van der Waals surface area contributed by atoms with Gasteiger partial charge in [-0.3, -0.25) is 9.59 Å². The fourth-order valence-corrected chi connectivity index (χ4v) is 3.19. The lowest BCUT2D eigenvalue weighted by molar-refractivity contribution is -0.117. The summed E-state index contributed by atoms with van der Waals surface area (Å²) in [7, 11) is 1.58. The van der Waals surface area contributed by atoms with Crippen molar-refractivity contribution in [1.29, 1.82) is 0 Å². The van der Waals surface area contributed by atoms with Crippen LogP contribution in [-0.2, 0) is 4.79 Å². The van der Waals surface area contributed by atoms with Gasteiger partial charge in [0.2, 0.25) is 5.91 Å². The molecular formula is C20H22N2O3. The van der Waals surface area contributed by atoms with Gasteiger partial charge in [0.1, 0.15) is 5.75 Å². The number of rotatable bonds is 4. The third-order valence-electron chi connectivity index (χ3n) is 4.28. The quantitative estimate of drug-likeness (QED) is 0.925. The highest BCUT2D eigenvalue weighted by atomic mass is 16.5.